The van der Waals surface area contributed by atoms with Gasteiger partial charge >= 0.3 is 0 Å². The largest absolute Gasteiger partial charge is 0.366 e. The molecule has 1 atom stereocenters. The molecule has 102 valence electrons. The van der Waals surface area contributed by atoms with Crippen LogP contribution >= 0.6 is 15.9 Å². The fourth-order valence-corrected chi connectivity index (χ4v) is 2.27. The van der Waals surface area contributed by atoms with Crippen LogP contribution in [-0.4, -0.2) is 41.6 Å². The van der Waals surface area contributed by atoms with E-state index in [1.165, 1.54) is 0 Å². The molecule has 1 aromatic rings. The first kappa shape index (κ1) is 14.1. The van der Waals surface area contributed by atoms with Crippen LogP contribution < -0.4 is 5.73 Å². The highest BCUT2D eigenvalue weighted by Crippen LogP contribution is 2.16. The number of alkyl halides is 1. The third kappa shape index (κ3) is 3.84. The summed E-state index contributed by atoms with van der Waals surface area (Å²) >= 11 is 3.28. The molecule has 2 heterocycles. The molecule has 0 saturated carbocycles. The number of rotatable bonds is 4. The van der Waals surface area contributed by atoms with Crippen LogP contribution in [0.15, 0.2) is 28.9 Å². The number of nitrogens with two attached hydrogens (primary N) is 1. The number of hydrogen-bond acceptors (Lipinski definition) is 3. The molecular formula is C13H15BrFN3O. The van der Waals surface area contributed by atoms with Gasteiger partial charge in [-0.3, -0.25) is 14.7 Å². The lowest BCUT2D eigenvalue weighted by Gasteiger charge is -2.12. The van der Waals surface area contributed by atoms with E-state index in [2.05, 4.69) is 20.9 Å². The average molecular weight is 328 g/mol. The second kappa shape index (κ2) is 6.25. The second-order valence-electron chi connectivity index (χ2n) is 4.49. The first-order valence-electron chi connectivity index (χ1n) is 6.04. The van der Waals surface area contributed by atoms with Crippen molar-refractivity contribution in [3.05, 3.63) is 34.6 Å². The molecule has 1 saturated heterocycles. The molecule has 1 unspecified atom stereocenters. The molecule has 1 fully saturated rings. The molecule has 0 aliphatic carbocycles. The molecule has 6 heteroatoms. The van der Waals surface area contributed by atoms with Gasteiger partial charge in [0, 0.05) is 30.3 Å². The molecule has 2 rings (SSSR count). The monoisotopic (exact) mass is 327 g/mol. The summed E-state index contributed by atoms with van der Waals surface area (Å²) < 4.78 is 13.9. The summed E-state index contributed by atoms with van der Waals surface area (Å²) in [6.45, 7) is 1.63. The number of amides is 1. The highest BCUT2D eigenvalue weighted by Gasteiger charge is 2.21. The van der Waals surface area contributed by atoms with Crippen LogP contribution in [0.4, 0.5) is 4.39 Å². The molecule has 1 aliphatic rings. The van der Waals surface area contributed by atoms with Gasteiger partial charge in [0.2, 0.25) is 0 Å². The van der Waals surface area contributed by atoms with E-state index in [4.69, 9.17) is 5.73 Å². The van der Waals surface area contributed by atoms with E-state index in [1.807, 2.05) is 4.90 Å². The van der Waals surface area contributed by atoms with E-state index in [-0.39, 0.29) is 0 Å². The van der Waals surface area contributed by atoms with Gasteiger partial charge < -0.3 is 5.73 Å². The van der Waals surface area contributed by atoms with E-state index in [0.29, 0.717) is 37.3 Å². The summed E-state index contributed by atoms with van der Waals surface area (Å²) in [5.74, 6) is -0.522. The third-order valence-corrected chi connectivity index (χ3v) is 3.51. The van der Waals surface area contributed by atoms with Crippen molar-refractivity contribution in [1.82, 2.24) is 9.88 Å². The Kier molecular flexibility index (Phi) is 4.66. The predicted octanol–water partition coefficient (Wildman–Crippen LogP) is 1.76. The lowest BCUT2D eigenvalue weighted by Crippen LogP contribution is -2.22. The lowest BCUT2D eigenvalue weighted by molar-refractivity contribution is -0.112. The molecule has 0 bridgehead atoms. The topological polar surface area (TPSA) is 59.2 Å². The number of pyridine rings is 1. The number of nitrogens with zero attached hydrogens (tertiary/aromatic N) is 2. The van der Waals surface area contributed by atoms with Crippen molar-refractivity contribution >= 4 is 27.4 Å². The van der Waals surface area contributed by atoms with E-state index in [1.54, 1.807) is 24.4 Å². The van der Waals surface area contributed by atoms with Crippen molar-refractivity contribution in [2.45, 2.75) is 12.6 Å². The summed E-state index contributed by atoms with van der Waals surface area (Å²) in [6.07, 6.45) is 3.11. The van der Waals surface area contributed by atoms with Crippen LogP contribution in [0.1, 0.15) is 12.1 Å². The zero-order chi connectivity index (χ0) is 13.8. The van der Waals surface area contributed by atoms with Gasteiger partial charge in [-0.15, -0.1) is 0 Å². The Bertz CT molecular complexity index is 489. The van der Waals surface area contributed by atoms with E-state index in [0.717, 1.165) is 4.47 Å². The summed E-state index contributed by atoms with van der Waals surface area (Å²) in [4.78, 5) is 17.6. The lowest BCUT2D eigenvalue weighted by atomic mass is 10.1. The second-order valence-corrected chi connectivity index (χ2v) is 5.40. The maximum Gasteiger partial charge on any atom is 0.250 e. The molecule has 2 N–H and O–H groups in total. The molecule has 1 aromatic heterocycles. The maximum absolute atomic E-state index is 13.1. The Morgan fingerprint density at radius 1 is 1.63 bits per heavy atom. The van der Waals surface area contributed by atoms with E-state index >= 15 is 0 Å². The third-order valence-electron chi connectivity index (χ3n) is 3.04. The van der Waals surface area contributed by atoms with Crippen LogP contribution in [0.5, 0.6) is 0 Å². The minimum Gasteiger partial charge on any atom is -0.366 e. The van der Waals surface area contributed by atoms with Crippen molar-refractivity contribution in [2.75, 3.05) is 19.6 Å². The molecule has 0 radical (unpaired) electrons. The zero-order valence-corrected chi connectivity index (χ0v) is 11.9. The van der Waals surface area contributed by atoms with Crippen molar-refractivity contribution in [1.29, 1.82) is 0 Å². The molecule has 0 aromatic carbocycles. The van der Waals surface area contributed by atoms with E-state index < -0.39 is 12.1 Å². The molecule has 0 spiro atoms. The van der Waals surface area contributed by atoms with Crippen LogP contribution in [0.3, 0.4) is 0 Å². The fourth-order valence-electron chi connectivity index (χ4n) is 2.04. The number of aromatic nitrogens is 1. The van der Waals surface area contributed by atoms with Crippen LogP contribution in [0.25, 0.3) is 5.57 Å². The summed E-state index contributed by atoms with van der Waals surface area (Å²) in [7, 11) is 0. The number of hydrogen-bond donors (Lipinski definition) is 1. The van der Waals surface area contributed by atoms with Crippen LogP contribution in [0, 0.1) is 0 Å². The van der Waals surface area contributed by atoms with E-state index in [9.17, 15) is 9.18 Å². The molecule has 1 amide bonds. The summed E-state index contributed by atoms with van der Waals surface area (Å²) in [5.41, 5.74) is 6.27. The van der Waals surface area contributed by atoms with Gasteiger partial charge in [-0.05, 0) is 34.5 Å². The molecule has 19 heavy (non-hydrogen) atoms. The quantitative estimate of drug-likeness (QED) is 0.857. The van der Waals surface area contributed by atoms with Crippen molar-refractivity contribution < 1.29 is 9.18 Å². The average Bonchev–Trinajstić information content (AvgIpc) is 2.77. The molecular weight excluding hydrogens is 313 g/mol. The normalized spacial score (nSPS) is 20.7. The van der Waals surface area contributed by atoms with Gasteiger partial charge in [0.15, 0.2) is 0 Å². The fraction of sp³-hybridized carbons (Fsp3) is 0.385. The number of carbonyl (C=O) groups is 1. The van der Waals surface area contributed by atoms with Gasteiger partial charge in [-0.25, -0.2) is 4.39 Å². The van der Waals surface area contributed by atoms with Crippen LogP contribution in [-0.2, 0) is 4.79 Å². The van der Waals surface area contributed by atoms with Gasteiger partial charge in [-0.2, -0.15) is 0 Å². The minimum atomic E-state index is -0.767. The van der Waals surface area contributed by atoms with Crippen molar-refractivity contribution in [3.8, 4) is 0 Å². The molecule has 4 nitrogen and oxygen atoms in total. The molecule has 1 aliphatic heterocycles. The van der Waals surface area contributed by atoms with Crippen LogP contribution in [0.2, 0.25) is 0 Å². The van der Waals surface area contributed by atoms with Crippen molar-refractivity contribution in [2.24, 2.45) is 5.73 Å². The van der Waals surface area contributed by atoms with Gasteiger partial charge in [0.25, 0.3) is 5.91 Å². The summed E-state index contributed by atoms with van der Waals surface area (Å²) in [5, 5.41) is 0. The number of halogens is 2. The SMILES string of the molecule is NC(=O)C(=CCN1CCC(F)C1)c1ccc(Br)cn1. The number of likely N-dealkylation sites (tertiary alicyclic amines) is 1. The maximum atomic E-state index is 13.1. The van der Waals surface area contributed by atoms with Gasteiger partial charge in [0.05, 0.1) is 11.3 Å². The summed E-state index contributed by atoms with van der Waals surface area (Å²) in [6, 6.07) is 3.52. The Morgan fingerprint density at radius 3 is 2.95 bits per heavy atom. The Balaban J connectivity index is 2.11. The smallest absolute Gasteiger partial charge is 0.250 e. The zero-order valence-electron chi connectivity index (χ0n) is 10.4. The Morgan fingerprint density at radius 2 is 2.42 bits per heavy atom. The highest BCUT2D eigenvalue weighted by atomic mass is 79.9. The predicted molar refractivity (Wildman–Crippen MR) is 75.1 cm³/mol. The first-order chi connectivity index (χ1) is 9.06. The number of primary amides is 1. The van der Waals surface area contributed by atoms with Gasteiger partial charge in [0.1, 0.15) is 6.17 Å². The highest BCUT2D eigenvalue weighted by molar-refractivity contribution is 9.10. The standard InChI is InChI=1S/C13H15BrFN3O/c14-9-1-2-12(17-7-9)11(13(16)19)4-6-18-5-3-10(15)8-18/h1-2,4,7,10H,3,5-6,8H2,(H2,16,19). The minimum absolute atomic E-state index is 0.370. The number of carbonyl (C=O) groups excluding carboxylic acids is 1. The Hall–Kier alpha value is -1.27. The first-order valence-corrected chi connectivity index (χ1v) is 6.84. The Labute approximate surface area is 119 Å². The van der Waals surface area contributed by atoms with Crippen molar-refractivity contribution in [3.63, 3.8) is 0 Å². The van der Waals surface area contributed by atoms with Gasteiger partial charge in [-0.1, -0.05) is 6.08 Å².